The molecule has 2 aliphatic rings. The van der Waals surface area contributed by atoms with Gasteiger partial charge in [0.15, 0.2) is 0 Å². The molecule has 3 aromatic rings. The van der Waals surface area contributed by atoms with Gasteiger partial charge in [-0.1, -0.05) is 47.5 Å². The van der Waals surface area contributed by atoms with Gasteiger partial charge in [-0.2, -0.15) is 20.0 Å². The number of halogens is 2. The van der Waals surface area contributed by atoms with Gasteiger partial charge in [-0.15, -0.1) is 0 Å². The van der Waals surface area contributed by atoms with Crippen LogP contribution in [0.3, 0.4) is 0 Å². The van der Waals surface area contributed by atoms with E-state index in [9.17, 15) is 17.5 Å². The van der Waals surface area contributed by atoms with Crippen molar-refractivity contribution >= 4 is 49.5 Å². The van der Waals surface area contributed by atoms with Gasteiger partial charge in [-0.05, 0) is 24.3 Å². The number of benzene rings is 2. The van der Waals surface area contributed by atoms with Crippen LogP contribution in [0.1, 0.15) is 11.3 Å². The van der Waals surface area contributed by atoms with Crippen LogP contribution in [0.25, 0.3) is 22.6 Å². The molecule has 0 spiro atoms. The summed E-state index contributed by atoms with van der Waals surface area (Å²) in [6, 6.07) is 14.6. The Labute approximate surface area is 221 Å². The highest BCUT2D eigenvalue weighted by molar-refractivity contribution is 8.24. The summed E-state index contributed by atoms with van der Waals surface area (Å²) in [5.74, 6) is 0.410. The van der Waals surface area contributed by atoms with E-state index in [1.165, 1.54) is 16.8 Å². The van der Waals surface area contributed by atoms with E-state index in [0.29, 0.717) is 51.5 Å². The van der Waals surface area contributed by atoms with E-state index in [1.807, 2.05) is 30.3 Å². The van der Waals surface area contributed by atoms with Crippen LogP contribution in [0.5, 0.6) is 0 Å². The van der Waals surface area contributed by atoms with Gasteiger partial charge in [0, 0.05) is 42.8 Å². The molecule has 3 heterocycles. The number of hydrogen-bond donors (Lipinski definition) is 3. The van der Waals surface area contributed by atoms with Crippen LogP contribution in [0, 0.1) is 0 Å². The predicted molar refractivity (Wildman–Crippen MR) is 145 cm³/mol. The molecule has 0 radical (unpaired) electrons. The van der Waals surface area contributed by atoms with Crippen LogP contribution in [-0.4, -0.2) is 68.3 Å². The average Bonchev–Trinajstić information content (AvgIpc) is 3.15. The van der Waals surface area contributed by atoms with Crippen molar-refractivity contribution in [2.24, 2.45) is 0 Å². The molecule has 0 bridgehead atoms. The third kappa shape index (κ3) is 5.02. The third-order valence-electron chi connectivity index (χ3n) is 6.17. The number of rotatable bonds is 4. The van der Waals surface area contributed by atoms with Gasteiger partial charge < -0.3 is 5.43 Å². The molecule has 0 amide bonds. The largest absolute Gasteiger partial charge is 0.316 e. The lowest BCUT2D eigenvalue weighted by atomic mass is 10.0. The minimum absolute atomic E-state index is 0.0856. The Hall–Kier alpha value is -2.09. The molecule has 1 fully saturated rings. The molecule has 0 atom stereocenters. The summed E-state index contributed by atoms with van der Waals surface area (Å²) >= 11 is 12.7. The second-order valence-electron chi connectivity index (χ2n) is 8.69. The molecule has 192 valence electrons. The lowest BCUT2D eigenvalue weighted by Crippen LogP contribution is -2.46. The zero-order valence-corrected chi connectivity index (χ0v) is 22.4. The summed E-state index contributed by atoms with van der Waals surface area (Å²) < 4.78 is 49.1. The van der Waals surface area contributed by atoms with E-state index in [2.05, 4.69) is 5.43 Å². The Bertz CT molecular complexity index is 1430. The summed E-state index contributed by atoms with van der Waals surface area (Å²) in [6.07, 6.45) is 0. The number of hydrazine groups is 1. The summed E-state index contributed by atoms with van der Waals surface area (Å²) in [6.45, 7) is 0.780. The normalized spacial score (nSPS) is 20.8. The summed E-state index contributed by atoms with van der Waals surface area (Å²) in [4.78, 5) is 0. The number of para-hydroxylation sites is 1. The molecule has 9 nitrogen and oxygen atoms in total. The molecule has 0 unspecified atom stereocenters. The Morgan fingerprint density at radius 3 is 2.33 bits per heavy atom. The number of fused-ring (bicyclic) bond motifs is 1. The highest BCUT2D eigenvalue weighted by Gasteiger charge is 2.33. The third-order valence-corrected chi connectivity index (χ3v) is 9.95. The number of hydrogen-bond acceptors (Lipinski definition) is 7. The fourth-order valence-corrected chi connectivity index (χ4v) is 6.74. The summed E-state index contributed by atoms with van der Waals surface area (Å²) in [5, 5.41) is 8.89. The van der Waals surface area contributed by atoms with E-state index < -0.39 is 20.6 Å². The van der Waals surface area contributed by atoms with E-state index >= 15 is 0 Å². The van der Waals surface area contributed by atoms with E-state index in [4.69, 9.17) is 28.3 Å². The van der Waals surface area contributed by atoms with Crippen molar-refractivity contribution in [2.75, 3.05) is 31.6 Å². The van der Waals surface area contributed by atoms with Gasteiger partial charge in [-0.3, -0.25) is 9.11 Å². The molecule has 0 aliphatic carbocycles. The topological polar surface area (TPSA) is 111 Å². The molecular weight excluding hydrogens is 545 g/mol. The maximum Gasteiger partial charge on any atom is 0.238 e. The van der Waals surface area contributed by atoms with Gasteiger partial charge in [0.05, 0.1) is 39.0 Å². The standard InChI is InChI=1S/C23H25Cl2N5O4S2/c1-28-14-18-22(20(15-36(28,33)34)26-29-10-12-35(31,32)13-11-29)27-30(21-5-3-2-4-19(21)25)23(18)16-6-8-17(24)9-7-16/h2-9,15,26,31-32H,10-14H2,1H3. The molecule has 5 rings (SSSR count). The first-order chi connectivity index (χ1) is 17.0. The number of nitrogens with one attached hydrogen (secondary N) is 1. The molecule has 1 aromatic heterocycles. The predicted octanol–water partition coefficient (Wildman–Crippen LogP) is 4.49. The van der Waals surface area contributed by atoms with Gasteiger partial charge in [0.1, 0.15) is 5.69 Å². The zero-order valence-electron chi connectivity index (χ0n) is 19.3. The Kier molecular flexibility index (Phi) is 6.85. The van der Waals surface area contributed by atoms with Gasteiger partial charge in [-0.25, -0.2) is 18.1 Å². The van der Waals surface area contributed by atoms with Crippen molar-refractivity contribution in [1.82, 2.24) is 24.5 Å². The molecule has 3 N–H and O–H groups in total. The maximum absolute atomic E-state index is 13.1. The first-order valence-electron chi connectivity index (χ1n) is 11.1. The van der Waals surface area contributed by atoms with Crippen LogP contribution >= 0.6 is 33.8 Å². The summed E-state index contributed by atoms with van der Waals surface area (Å²) in [7, 11) is -4.85. The van der Waals surface area contributed by atoms with Gasteiger partial charge in [0.2, 0.25) is 10.0 Å². The van der Waals surface area contributed by atoms with Crippen molar-refractivity contribution in [3.8, 4) is 16.9 Å². The second kappa shape index (κ2) is 9.66. The molecule has 2 aromatic carbocycles. The molecule has 36 heavy (non-hydrogen) atoms. The lowest BCUT2D eigenvalue weighted by molar-refractivity contribution is 0.241. The smallest absolute Gasteiger partial charge is 0.238 e. The van der Waals surface area contributed by atoms with Gasteiger partial charge in [0.25, 0.3) is 0 Å². The number of sulfonamides is 1. The molecule has 0 saturated carbocycles. The Morgan fingerprint density at radius 1 is 1.00 bits per heavy atom. The molecule has 13 heteroatoms. The van der Waals surface area contributed by atoms with Crippen molar-refractivity contribution < 1.29 is 17.5 Å². The SMILES string of the molecule is CN1Cc2c(nn(-c3ccccc3Cl)c2-c2ccc(Cl)cc2)C(NN2CCS(O)(O)CC2)=CS1(=O)=O. The Balaban J connectivity index is 1.69. The minimum Gasteiger partial charge on any atom is -0.316 e. The monoisotopic (exact) mass is 569 g/mol. The number of nitrogens with zero attached hydrogens (tertiary/aromatic N) is 4. The number of aromatic nitrogens is 2. The quantitative estimate of drug-likeness (QED) is 0.424. The first-order valence-corrected chi connectivity index (χ1v) is 15.2. The van der Waals surface area contributed by atoms with E-state index in [0.717, 1.165) is 5.56 Å². The first kappa shape index (κ1) is 25.6. The van der Waals surface area contributed by atoms with Crippen LogP contribution in [0.15, 0.2) is 53.9 Å². The van der Waals surface area contributed by atoms with Crippen molar-refractivity contribution in [2.45, 2.75) is 6.54 Å². The van der Waals surface area contributed by atoms with Crippen LogP contribution < -0.4 is 5.43 Å². The van der Waals surface area contributed by atoms with Gasteiger partial charge >= 0.3 is 0 Å². The van der Waals surface area contributed by atoms with Crippen molar-refractivity contribution in [1.29, 1.82) is 0 Å². The highest BCUT2D eigenvalue weighted by atomic mass is 35.5. The van der Waals surface area contributed by atoms with Crippen molar-refractivity contribution in [3.63, 3.8) is 0 Å². The van der Waals surface area contributed by atoms with Crippen molar-refractivity contribution in [3.05, 3.63) is 75.2 Å². The lowest BCUT2D eigenvalue weighted by Gasteiger charge is -2.41. The highest BCUT2D eigenvalue weighted by Crippen LogP contribution is 2.41. The Morgan fingerprint density at radius 2 is 1.67 bits per heavy atom. The maximum atomic E-state index is 13.1. The average molecular weight is 571 g/mol. The molecular formula is C23H25Cl2N5O4S2. The van der Waals surface area contributed by atoms with Crippen LogP contribution in [-0.2, 0) is 16.6 Å². The minimum atomic E-state index is -3.76. The summed E-state index contributed by atoms with van der Waals surface area (Å²) in [5.41, 5.74) is 6.78. The molecule has 1 saturated heterocycles. The van der Waals surface area contributed by atoms with Crippen LogP contribution in [0.2, 0.25) is 10.0 Å². The molecule has 2 aliphatic heterocycles. The second-order valence-corrected chi connectivity index (χ2v) is 13.8. The zero-order chi connectivity index (χ0) is 25.7. The van der Waals surface area contributed by atoms with E-state index in [1.54, 1.807) is 27.9 Å². The van der Waals surface area contributed by atoms with Crippen LogP contribution in [0.4, 0.5) is 0 Å². The fourth-order valence-electron chi connectivity index (χ4n) is 4.21. The fraction of sp³-hybridized carbons (Fsp3) is 0.261. The van der Waals surface area contributed by atoms with E-state index in [-0.39, 0.29) is 18.1 Å².